The summed E-state index contributed by atoms with van der Waals surface area (Å²) in [7, 11) is 0. The predicted octanol–water partition coefficient (Wildman–Crippen LogP) is 4.29. The van der Waals surface area contributed by atoms with Gasteiger partial charge in [0, 0.05) is 18.4 Å². The molecule has 1 aliphatic heterocycles. The summed E-state index contributed by atoms with van der Waals surface area (Å²) in [6.07, 6.45) is 7.92. The molecular weight excluding hydrogens is 371 g/mol. The van der Waals surface area contributed by atoms with E-state index >= 15 is 0 Å². The second kappa shape index (κ2) is 7.04. The molecule has 3 aliphatic rings. The molecule has 1 saturated heterocycles. The number of ether oxygens (including phenoxy) is 3. The van der Waals surface area contributed by atoms with Gasteiger partial charge in [-0.05, 0) is 62.1 Å². The Morgan fingerprint density at radius 1 is 1.31 bits per heavy atom. The van der Waals surface area contributed by atoms with Crippen LogP contribution in [0.2, 0.25) is 0 Å². The molecule has 0 N–H and O–H groups in total. The molecule has 2 heterocycles. The summed E-state index contributed by atoms with van der Waals surface area (Å²) in [5.74, 6) is -0.846. The fraction of sp³-hybridized carbons (Fsp3) is 0.522. The molecule has 5 rings (SSSR count). The van der Waals surface area contributed by atoms with Gasteiger partial charge >= 0.3 is 0 Å². The van der Waals surface area contributed by atoms with Crippen LogP contribution < -0.4 is 0 Å². The average molecular weight is 398 g/mol. The normalized spacial score (nSPS) is 30.9. The molecule has 0 bridgehead atoms. The predicted molar refractivity (Wildman–Crippen MR) is 107 cm³/mol. The Morgan fingerprint density at radius 2 is 2.14 bits per heavy atom. The molecule has 5 nitrogen and oxygen atoms in total. The van der Waals surface area contributed by atoms with E-state index in [1.807, 2.05) is 17.8 Å². The van der Waals surface area contributed by atoms with Gasteiger partial charge in [-0.3, -0.25) is 0 Å². The van der Waals surface area contributed by atoms with Gasteiger partial charge in [0.2, 0.25) is 0 Å². The van der Waals surface area contributed by atoms with Gasteiger partial charge in [-0.1, -0.05) is 12.5 Å². The Balaban J connectivity index is 1.49. The molecule has 1 spiro atoms. The van der Waals surface area contributed by atoms with Crippen LogP contribution in [0, 0.1) is 11.2 Å². The van der Waals surface area contributed by atoms with E-state index in [2.05, 4.69) is 18.1 Å². The Labute approximate surface area is 170 Å². The number of hydrogen-bond donors (Lipinski definition) is 0. The van der Waals surface area contributed by atoms with Crippen LogP contribution in [-0.4, -0.2) is 41.5 Å². The molecule has 2 aromatic rings. The number of benzene rings is 1. The third-order valence-electron chi connectivity index (χ3n) is 6.68. The number of fused-ring (bicyclic) bond motifs is 3. The minimum absolute atomic E-state index is 0.0190. The monoisotopic (exact) mass is 398 g/mol. The Kier molecular flexibility index (Phi) is 4.61. The highest BCUT2D eigenvalue weighted by Crippen LogP contribution is 2.57. The quantitative estimate of drug-likeness (QED) is 0.771. The second-order valence-corrected chi connectivity index (χ2v) is 8.44. The fourth-order valence-corrected chi connectivity index (χ4v) is 5.12. The molecule has 154 valence electrons. The first-order valence-electron chi connectivity index (χ1n) is 10.5. The Hall–Kier alpha value is -2.02. The van der Waals surface area contributed by atoms with E-state index in [9.17, 15) is 4.39 Å². The van der Waals surface area contributed by atoms with Crippen LogP contribution in [0.1, 0.15) is 44.4 Å². The molecule has 1 aromatic heterocycles. The molecular formula is C23H27FN2O3. The van der Waals surface area contributed by atoms with Crippen molar-refractivity contribution in [3.63, 3.8) is 0 Å². The lowest BCUT2D eigenvalue weighted by Gasteiger charge is -2.51. The molecule has 2 unspecified atom stereocenters. The van der Waals surface area contributed by atoms with Gasteiger partial charge < -0.3 is 14.2 Å². The number of hydrogen-bond acceptors (Lipinski definition) is 4. The van der Waals surface area contributed by atoms with E-state index < -0.39 is 5.79 Å². The van der Waals surface area contributed by atoms with E-state index in [0.29, 0.717) is 19.8 Å². The maximum absolute atomic E-state index is 13.3. The Bertz CT molecular complexity index is 938. The first kappa shape index (κ1) is 19.0. The van der Waals surface area contributed by atoms with Gasteiger partial charge in [0.15, 0.2) is 5.79 Å². The van der Waals surface area contributed by atoms with Gasteiger partial charge in [-0.15, -0.1) is 0 Å². The van der Waals surface area contributed by atoms with Crippen LogP contribution in [0.4, 0.5) is 4.39 Å². The van der Waals surface area contributed by atoms with Crippen LogP contribution in [0.5, 0.6) is 0 Å². The number of halogens is 1. The van der Waals surface area contributed by atoms with Gasteiger partial charge in [0.05, 0.1) is 30.8 Å². The number of aromatic nitrogens is 2. The molecule has 1 aromatic carbocycles. The van der Waals surface area contributed by atoms with Crippen molar-refractivity contribution in [1.82, 2.24) is 9.78 Å². The van der Waals surface area contributed by atoms with Gasteiger partial charge in [0.1, 0.15) is 11.9 Å². The van der Waals surface area contributed by atoms with Crippen molar-refractivity contribution in [3.8, 4) is 5.69 Å². The highest BCUT2D eigenvalue weighted by molar-refractivity contribution is 5.61. The molecule has 0 radical (unpaired) electrons. The summed E-state index contributed by atoms with van der Waals surface area (Å²) in [6.45, 7) is 6.09. The van der Waals surface area contributed by atoms with E-state index in [1.165, 1.54) is 23.3 Å². The van der Waals surface area contributed by atoms with Crippen molar-refractivity contribution >= 4 is 6.08 Å². The summed E-state index contributed by atoms with van der Waals surface area (Å²) in [4.78, 5) is 0. The van der Waals surface area contributed by atoms with Crippen LogP contribution in [0.3, 0.4) is 0 Å². The van der Waals surface area contributed by atoms with Crippen LogP contribution in [0.15, 0.2) is 36.0 Å². The van der Waals surface area contributed by atoms with Crippen LogP contribution in [-0.2, 0) is 20.6 Å². The zero-order chi connectivity index (χ0) is 20.1. The van der Waals surface area contributed by atoms with Crippen molar-refractivity contribution in [1.29, 1.82) is 0 Å². The molecule has 3 atom stereocenters. The van der Waals surface area contributed by atoms with E-state index in [4.69, 9.17) is 14.2 Å². The maximum Gasteiger partial charge on any atom is 0.178 e. The molecule has 1 saturated carbocycles. The standard InChI is InChI=1S/C23H27FN2O3/c1-3-27-14-20-15-28-23(29-20)10-4-5-17-11-21-16(12-22(17,23)2)13-25-26(21)19-8-6-18(24)7-9-19/h6-9,11,13,20H,3-5,10,12,14-15H2,1-2H3/t20?,22-,23?/m0/s1. The fourth-order valence-electron chi connectivity index (χ4n) is 5.12. The first-order chi connectivity index (χ1) is 14.0. The highest BCUT2D eigenvalue weighted by Gasteiger charge is 2.59. The second-order valence-electron chi connectivity index (χ2n) is 8.44. The van der Waals surface area contributed by atoms with Crippen molar-refractivity contribution in [3.05, 3.63) is 53.1 Å². The van der Waals surface area contributed by atoms with E-state index in [-0.39, 0.29) is 17.3 Å². The summed E-state index contributed by atoms with van der Waals surface area (Å²) < 4.78 is 33.7. The van der Waals surface area contributed by atoms with Crippen molar-refractivity contribution < 1.29 is 18.6 Å². The Morgan fingerprint density at radius 3 is 2.93 bits per heavy atom. The highest BCUT2D eigenvalue weighted by atomic mass is 19.1. The van der Waals surface area contributed by atoms with Gasteiger partial charge in [0.25, 0.3) is 0 Å². The van der Waals surface area contributed by atoms with Crippen molar-refractivity contribution in [2.24, 2.45) is 5.41 Å². The lowest BCUT2D eigenvalue weighted by Crippen LogP contribution is -2.53. The summed E-state index contributed by atoms with van der Waals surface area (Å²) in [5.41, 5.74) is 4.23. The van der Waals surface area contributed by atoms with Gasteiger partial charge in [-0.25, -0.2) is 9.07 Å². The zero-order valence-electron chi connectivity index (χ0n) is 17.0. The molecule has 29 heavy (non-hydrogen) atoms. The summed E-state index contributed by atoms with van der Waals surface area (Å²) >= 11 is 0. The van der Waals surface area contributed by atoms with E-state index in [0.717, 1.165) is 37.1 Å². The average Bonchev–Trinajstić information content (AvgIpc) is 3.31. The maximum atomic E-state index is 13.3. The first-order valence-corrected chi connectivity index (χ1v) is 10.5. The van der Waals surface area contributed by atoms with Crippen LogP contribution >= 0.6 is 0 Å². The van der Waals surface area contributed by atoms with Crippen molar-refractivity contribution in [2.75, 3.05) is 19.8 Å². The van der Waals surface area contributed by atoms with Crippen molar-refractivity contribution in [2.45, 2.75) is 51.4 Å². The minimum Gasteiger partial charge on any atom is -0.379 e. The lowest BCUT2D eigenvalue weighted by molar-refractivity contribution is -0.245. The largest absolute Gasteiger partial charge is 0.379 e. The summed E-state index contributed by atoms with van der Waals surface area (Å²) in [5, 5.41) is 4.61. The third kappa shape index (κ3) is 2.97. The van der Waals surface area contributed by atoms with E-state index in [1.54, 1.807) is 12.1 Å². The smallest absolute Gasteiger partial charge is 0.178 e. The number of nitrogens with zero attached hydrogens (tertiary/aromatic N) is 2. The molecule has 6 heteroatoms. The zero-order valence-corrected chi connectivity index (χ0v) is 17.0. The molecule has 2 fully saturated rings. The third-order valence-corrected chi connectivity index (χ3v) is 6.68. The number of rotatable bonds is 4. The summed E-state index contributed by atoms with van der Waals surface area (Å²) in [6, 6.07) is 6.47. The SMILES string of the molecule is CCOCC1COC2(CCCC3=Cc4c(cnn4-c4ccc(F)cc4)C[C@@]32C)O1. The lowest BCUT2D eigenvalue weighted by atomic mass is 9.62. The topological polar surface area (TPSA) is 45.5 Å². The molecule has 0 amide bonds. The molecule has 2 aliphatic carbocycles. The minimum atomic E-state index is -0.603. The van der Waals surface area contributed by atoms with Crippen LogP contribution in [0.25, 0.3) is 11.8 Å². The van der Waals surface area contributed by atoms with Gasteiger partial charge in [-0.2, -0.15) is 5.10 Å².